The van der Waals surface area contributed by atoms with Crippen LogP contribution in [0.1, 0.15) is 6.42 Å². The number of nitriles is 1. The van der Waals surface area contributed by atoms with Gasteiger partial charge in [0, 0.05) is 4.47 Å². The largest absolute Gasteiger partial charge is 0.506 e. The van der Waals surface area contributed by atoms with Gasteiger partial charge in [-0.1, -0.05) is 15.9 Å². The smallest absolute Gasteiger partial charge is 0.238 e. The maximum Gasteiger partial charge on any atom is 0.238 e. The van der Waals surface area contributed by atoms with Crippen molar-refractivity contribution in [2.75, 3.05) is 5.32 Å². The standard InChI is InChI=1S/C9H6BrFN2O2/c10-5-3-6(11)9(7(14)4-5)13-8(15)1-2-12/h3-4,14H,1H2,(H,13,15). The molecule has 0 spiro atoms. The van der Waals surface area contributed by atoms with Gasteiger partial charge in [-0.25, -0.2) is 4.39 Å². The van der Waals surface area contributed by atoms with E-state index in [1.807, 2.05) is 0 Å². The molecule has 0 bridgehead atoms. The number of nitrogens with zero attached hydrogens (tertiary/aromatic N) is 1. The van der Waals surface area contributed by atoms with Crippen molar-refractivity contribution in [2.24, 2.45) is 0 Å². The molecule has 4 nitrogen and oxygen atoms in total. The molecule has 0 fully saturated rings. The third-order valence-corrected chi connectivity index (χ3v) is 2.00. The summed E-state index contributed by atoms with van der Waals surface area (Å²) < 4.78 is 13.6. The van der Waals surface area contributed by atoms with E-state index in [2.05, 4.69) is 21.2 Å². The van der Waals surface area contributed by atoms with Crippen molar-refractivity contribution in [1.82, 2.24) is 0 Å². The molecule has 1 rings (SSSR count). The van der Waals surface area contributed by atoms with E-state index in [0.717, 1.165) is 6.07 Å². The van der Waals surface area contributed by atoms with E-state index in [-0.39, 0.29) is 5.69 Å². The molecule has 0 aliphatic carbocycles. The normalized spacial score (nSPS) is 9.40. The lowest BCUT2D eigenvalue weighted by Gasteiger charge is -2.07. The highest BCUT2D eigenvalue weighted by Gasteiger charge is 2.12. The summed E-state index contributed by atoms with van der Waals surface area (Å²) in [7, 11) is 0. The molecule has 0 atom stereocenters. The lowest BCUT2D eigenvalue weighted by Crippen LogP contribution is -2.11. The summed E-state index contributed by atoms with van der Waals surface area (Å²) in [6, 6.07) is 3.95. The Kier molecular flexibility index (Phi) is 3.63. The maximum absolute atomic E-state index is 13.2. The first-order valence-electron chi connectivity index (χ1n) is 3.89. The van der Waals surface area contributed by atoms with Gasteiger partial charge in [0.2, 0.25) is 5.91 Å². The zero-order valence-corrected chi connectivity index (χ0v) is 9.01. The van der Waals surface area contributed by atoms with Crippen molar-refractivity contribution in [2.45, 2.75) is 6.42 Å². The number of halogens is 2. The summed E-state index contributed by atoms with van der Waals surface area (Å²) in [5.41, 5.74) is -0.321. The molecular formula is C9H6BrFN2O2. The first-order chi connectivity index (χ1) is 7.04. The van der Waals surface area contributed by atoms with Gasteiger partial charge < -0.3 is 10.4 Å². The van der Waals surface area contributed by atoms with Crippen LogP contribution in [-0.2, 0) is 4.79 Å². The molecule has 15 heavy (non-hydrogen) atoms. The number of carbonyl (C=O) groups is 1. The van der Waals surface area contributed by atoms with Crippen LogP contribution in [0.25, 0.3) is 0 Å². The lowest BCUT2D eigenvalue weighted by molar-refractivity contribution is -0.115. The predicted octanol–water partition coefficient (Wildman–Crippen LogP) is 2.15. The molecule has 0 unspecified atom stereocenters. The molecule has 0 aliphatic rings. The molecule has 0 heterocycles. The Labute approximate surface area is 93.5 Å². The number of rotatable bonds is 2. The second kappa shape index (κ2) is 4.75. The summed E-state index contributed by atoms with van der Waals surface area (Å²) in [6.07, 6.45) is -0.394. The third-order valence-electron chi connectivity index (χ3n) is 1.54. The lowest BCUT2D eigenvalue weighted by atomic mass is 10.2. The summed E-state index contributed by atoms with van der Waals surface area (Å²) in [4.78, 5) is 11.0. The summed E-state index contributed by atoms with van der Waals surface area (Å²) in [5, 5.41) is 19.6. The first kappa shape index (κ1) is 11.5. The van der Waals surface area contributed by atoms with E-state index in [1.54, 1.807) is 6.07 Å². The predicted molar refractivity (Wildman–Crippen MR) is 54.6 cm³/mol. The van der Waals surface area contributed by atoms with Gasteiger partial charge in [0.25, 0.3) is 0 Å². The SMILES string of the molecule is N#CCC(=O)Nc1c(O)cc(Br)cc1F. The Morgan fingerprint density at radius 1 is 1.67 bits per heavy atom. The van der Waals surface area contributed by atoms with Gasteiger partial charge in [0.15, 0.2) is 5.82 Å². The van der Waals surface area contributed by atoms with Crippen LogP contribution < -0.4 is 5.32 Å². The van der Waals surface area contributed by atoms with Gasteiger partial charge in [-0.15, -0.1) is 0 Å². The van der Waals surface area contributed by atoms with Crippen LogP contribution in [0.5, 0.6) is 5.75 Å². The fourth-order valence-corrected chi connectivity index (χ4v) is 1.36. The molecule has 1 aromatic carbocycles. The second-order valence-electron chi connectivity index (χ2n) is 2.66. The molecule has 0 aliphatic heterocycles. The molecule has 1 amide bonds. The monoisotopic (exact) mass is 272 g/mol. The molecule has 78 valence electrons. The Hall–Kier alpha value is -1.61. The van der Waals surface area contributed by atoms with Crippen molar-refractivity contribution in [3.63, 3.8) is 0 Å². The third kappa shape index (κ3) is 2.92. The number of nitrogens with one attached hydrogen (secondary N) is 1. The molecule has 2 N–H and O–H groups in total. The molecule has 6 heteroatoms. The minimum absolute atomic E-state index is 0.321. The van der Waals surface area contributed by atoms with Crippen molar-refractivity contribution in [3.8, 4) is 11.8 Å². The molecule has 0 radical (unpaired) electrons. The van der Waals surface area contributed by atoms with E-state index in [0.29, 0.717) is 4.47 Å². The number of phenols is 1. The van der Waals surface area contributed by atoms with E-state index in [1.165, 1.54) is 6.07 Å². The van der Waals surface area contributed by atoms with Crippen LogP contribution in [0.4, 0.5) is 10.1 Å². The van der Waals surface area contributed by atoms with Crippen LogP contribution in [0.15, 0.2) is 16.6 Å². The van der Waals surface area contributed by atoms with Gasteiger partial charge in [-0.05, 0) is 12.1 Å². The topological polar surface area (TPSA) is 73.1 Å². The average molecular weight is 273 g/mol. The highest BCUT2D eigenvalue weighted by Crippen LogP contribution is 2.30. The number of hydrogen-bond acceptors (Lipinski definition) is 3. The number of benzene rings is 1. The van der Waals surface area contributed by atoms with Crippen molar-refractivity contribution in [1.29, 1.82) is 5.26 Å². The van der Waals surface area contributed by atoms with Crippen LogP contribution in [0.2, 0.25) is 0 Å². The molecule has 0 aromatic heterocycles. The number of phenolic OH excluding ortho intramolecular Hbond substituents is 1. The van der Waals surface area contributed by atoms with E-state index < -0.39 is 23.9 Å². The summed E-state index contributed by atoms with van der Waals surface area (Å²) in [6.45, 7) is 0. The maximum atomic E-state index is 13.2. The number of hydrogen-bond donors (Lipinski definition) is 2. The van der Waals surface area contributed by atoms with Crippen molar-refractivity contribution < 1.29 is 14.3 Å². The number of amides is 1. The van der Waals surface area contributed by atoms with Gasteiger partial charge in [-0.2, -0.15) is 5.26 Å². The summed E-state index contributed by atoms with van der Waals surface area (Å²) >= 11 is 2.98. The molecular weight excluding hydrogens is 267 g/mol. The Bertz CT molecular complexity index is 419. The quantitative estimate of drug-likeness (QED) is 0.811. The fraction of sp³-hybridized carbons (Fsp3) is 0.111. The van der Waals surface area contributed by atoms with Crippen LogP contribution in [0, 0.1) is 17.1 Å². The van der Waals surface area contributed by atoms with Crippen LogP contribution in [-0.4, -0.2) is 11.0 Å². The van der Waals surface area contributed by atoms with Gasteiger partial charge in [0.1, 0.15) is 17.9 Å². The van der Waals surface area contributed by atoms with E-state index >= 15 is 0 Å². The van der Waals surface area contributed by atoms with Gasteiger partial charge in [-0.3, -0.25) is 4.79 Å². The van der Waals surface area contributed by atoms with Gasteiger partial charge in [0.05, 0.1) is 6.07 Å². The highest BCUT2D eigenvalue weighted by molar-refractivity contribution is 9.10. The first-order valence-corrected chi connectivity index (χ1v) is 4.68. The van der Waals surface area contributed by atoms with E-state index in [9.17, 15) is 14.3 Å². The molecule has 1 aromatic rings. The van der Waals surface area contributed by atoms with Crippen molar-refractivity contribution in [3.05, 3.63) is 22.4 Å². The summed E-state index contributed by atoms with van der Waals surface area (Å²) in [5.74, 6) is -1.84. The number of carbonyl (C=O) groups excluding carboxylic acids is 1. The fourth-order valence-electron chi connectivity index (χ4n) is 0.939. The average Bonchev–Trinajstić information content (AvgIpc) is 2.11. The van der Waals surface area contributed by atoms with Crippen LogP contribution in [0.3, 0.4) is 0 Å². The number of anilines is 1. The zero-order valence-electron chi connectivity index (χ0n) is 7.42. The number of aromatic hydroxyl groups is 1. The Balaban J connectivity index is 2.96. The zero-order chi connectivity index (χ0) is 11.4. The molecule has 0 saturated carbocycles. The van der Waals surface area contributed by atoms with Crippen molar-refractivity contribution >= 4 is 27.5 Å². The highest BCUT2D eigenvalue weighted by atomic mass is 79.9. The van der Waals surface area contributed by atoms with Gasteiger partial charge >= 0.3 is 0 Å². The van der Waals surface area contributed by atoms with E-state index in [4.69, 9.17) is 5.26 Å². The second-order valence-corrected chi connectivity index (χ2v) is 3.58. The van der Waals surface area contributed by atoms with Crippen LogP contribution >= 0.6 is 15.9 Å². The minimum Gasteiger partial charge on any atom is -0.506 e. The minimum atomic E-state index is -0.770. The Morgan fingerprint density at radius 3 is 2.87 bits per heavy atom. The molecule has 0 saturated heterocycles. The Morgan fingerprint density at radius 2 is 2.33 bits per heavy atom.